The lowest BCUT2D eigenvalue weighted by Gasteiger charge is -2.14. The highest BCUT2D eigenvalue weighted by atomic mass is 19.4. The molecule has 1 aliphatic carbocycles. The molecule has 0 spiro atoms. The van der Waals surface area contributed by atoms with E-state index in [2.05, 4.69) is 0 Å². The molecule has 104 valence electrons. The van der Waals surface area contributed by atoms with Crippen LogP contribution in [-0.4, -0.2) is 5.78 Å². The van der Waals surface area contributed by atoms with E-state index in [9.17, 15) is 18.0 Å². The molecular formula is C15H17F3O. The average Bonchev–Trinajstić information content (AvgIpc) is 2.53. The zero-order chi connectivity index (χ0) is 13.9. The number of hydrogen-bond acceptors (Lipinski definition) is 1. The molecule has 1 saturated carbocycles. The van der Waals surface area contributed by atoms with Crippen LogP contribution in [0.5, 0.6) is 0 Å². The normalized spacial score (nSPS) is 21.2. The Hall–Kier alpha value is -1.32. The second kappa shape index (κ2) is 5.76. The molecule has 0 heterocycles. The molecule has 1 aliphatic rings. The van der Waals surface area contributed by atoms with Crippen LogP contribution in [0.4, 0.5) is 13.2 Å². The molecule has 1 aromatic carbocycles. The maximum Gasteiger partial charge on any atom is 0.416 e. The minimum Gasteiger partial charge on any atom is -0.300 e. The molecule has 0 radical (unpaired) electrons. The van der Waals surface area contributed by atoms with Gasteiger partial charge in [-0.3, -0.25) is 4.79 Å². The number of benzene rings is 1. The van der Waals surface area contributed by atoms with Crippen LogP contribution in [0.15, 0.2) is 24.3 Å². The first-order valence-electron chi connectivity index (χ1n) is 6.63. The number of hydrogen-bond donors (Lipinski definition) is 0. The Bertz CT molecular complexity index is 451. The molecule has 19 heavy (non-hydrogen) atoms. The Morgan fingerprint density at radius 3 is 2.74 bits per heavy atom. The van der Waals surface area contributed by atoms with Gasteiger partial charge in [0, 0.05) is 12.8 Å². The van der Waals surface area contributed by atoms with E-state index in [1.807, 2.05) is 0 Å². The molecule has 0 aliphatic heterocycles. The molecular weight excluding hydrogens is 253 g/mol. The van der Waals surface area contributed by atoms with Gasteiger partial charge in [0.05, 0.1) is 5.56 Å². The van der Waals surface area contributed by atoms with Gasteiger partial charge in [0.15, 0.2) is 0 Å². The number of carbonyl (C=O) groups excluding carboxylic acids is 1. The Morgan fingerprint density at radius 1 is 1.21 bits per heavy atom. The number of halogens is 3. The largest absolute Gasteiger partial charge is 0.416 e. The molecule has 1 unspecified atom stereocenters. The summed E-state index contributed by atoms with van der Waals surface area (Å²) in [5, 5.41) is 0. The van der Waals surface area contributed by atoms with Crippen molar-refractivity contribution in [2.45, 2.75) is 44.7 Å². The topological polar surface area (TPSA) is 17.1 Å². The van der Waals surface area contributed by atoms with Gasteiger partial charge in [0.2, 0.25) is 0 Å². The summed E-state index contributed by atoms with van der Waals surface area (Å²) >= 11 is 0. The third-order valence-electron chi connectivity index (χ3n) is 3.61. The van der Waals surface area contributed by atoms with E-state index in [1.165, 1.54) is 12.1 Å². The summed E-state index contributed by atoms with van der Waals surface area (Å²) in [4.78, 5) is 11.5. The first kappa shape index (κ1) is 14.1. The first-order chi connectivity index (χ1) is 8.95. The Kier molecular flexibility index (Phi) is 4.27. The summed E-state index contributed by atoms with van der Waals surface area (Å²) in [6.07, 6.45) is 0.246. The van der Waals surface area contributed by atoms with E-state index >= 15 is 0 Å². The fourth-order valence-electron chi connectivity index (χ4n) is 2.66. The number of Topliss-reactive ketones (excluding diaryl/α,β-unsaturated/α-hetero) is 1. The number of alkyl halides is 3. The molecule has 1 aromatic rings. The third kappa shape index (κ3) is 4.08. The van der Waals surface area contributed by atoms with Gasteiger partial charge in [0.1, 0.15) is 5.78 Å². The molecule has 1 fully saturated rings. The van der Waals surface area contributed by atoms with Gasteiger partial charge in [-0.1, -0.05) is 24.6 Å². The van der Waals surface area contributed by atoms with E-state index < -0.39 is 11.7 Å². The van der Waals surface area contributed by atoms with Crippen LogP contribution >= 0.6 is 0 Å². The average molecular weight is 270 g/mol. The maximum absolute atomic E-state index is 12.6. The van der Waals surface area contributed by atoms with Crippen molar-refractivity contribution in [1.82, 2.24) is 0 Å². The third-order valence-corrected chi connectivity index (χ3v) is 3.61. The fraction of sp³-hybridized carbons (Fsp3) is 0.533. The van der Waals surface area contributed by atoms with Gasteiger partial charge in [-0.05, 0) is 36.8 Å². The number of ketones is 1. The summed E-state index contributed by atoms with van der Waals surface area (Å²) in [5.74, 6) is 0.438. The quantitative estimate of drug-likeness (QED) is 0.728. The van der Waals surface area contributed by atoms with Crippen molar-refractivity contribution in [3.05, 3.63) is 35.4 Å². The minimum atomic E-state index is -4.30. The number of rotatable bonds is 2. The maximum atomic E-state index is 12.6. The van der Waals surface area contributed by atoms with Crippen LogP contribution in [0.1, 0.15) is 43.2 Å². The van der Waals surface area contributed by atoms with Crippen molar-refractivity contribution in [3.8, 4) is 0 Å². The molecule has 0 bridgehead atoms. The van der Waals surface area contributed by atoms with E-state index in [0.717, 1.165) is 25.3 Å². The predicted molar refractivity (Wildman–Crippen MR) is 66.7 cm³/mol. The van der Waals surface area contributed by atoms with Crippen LogP contribution < -0.4 is 0 Å². The van der Waals surface area contributed by atoms with Crippen LogP contribution in [0, 0.1) is 5.92 Å². The van der Waals surface area contributed by atoms with E-state index in [4.69, 9.17) is 0 Å². The Morgan fingerprint density at radius 2 is 2.00 bits per heavy atom. The summed E-state index contributed by atoms with van der Waals surface area (Å²) in [6.45, 7) is 0. The van der Waals surface area contributed by atoms with Crippen LogP contribution in [0.25, 0.3) is 0 Å². The van der Waals surface area contributed by atoms with Crippen LogP contribution in [-0.2, 0) is 17.4 Å². The van der Waals surface area contributed by atoms with Gasteiger partial charge >= 0.3 is 6.18 Å². The lowest BCUT2D eigenvalue weighted by Crippen LogP contribution is -2.10. The zero-order valence-electron chi connectivity index (χ0n) is 10.7. The highest BCUT2D eigenvalue weighted by Crippen LogP contribution is 2.31. The minimum absolute atomic E-state index is 0.193. The standard InChI is InChI=1S/C15H17F3O/c16-15(17,18)13-6-3-5-11(9-13)8-12-4-1-2-7-14(19)10-12/h3,5-6,9,12H,1-2,4,7-8,10H2. The predicted octanol–water partition coefficient (Wildman–Crippen LogP) is 4.40. The van der Waals surface area contributed by atoms with E-state index in [1.54, 1.807) is 6.07 Å². The smallest absolute Gasteiger partial charge is 0.300 e. The van der Waals surface area contributed by atoms with Crippen molar-refractivity contribution in [2.75, 3.05) is 0 Å². The van der Waals surface area contributed by atoms with Crippen molar-refractivity contribution in [2.24, 2.45) is 5.92 Å². The van der Waals surface area contributed by atoms with Gasteiger partial charge in [-0.15, -0.1) is 0 Å². The van der Waals surface area contributed by atoms with Crippen molar-refractivity contribution < 1.29 is 18.0 Å². The van der Waals surface area contributed by atoms with Gasteiger partial charge in [-0.25, -0.2) is 0 Å². The van der Waals surface area contributed by atoms with Gasteiger partial charge in [0.25, 0.3) is 0 Å². The van der Waals surface area contributed by atoms with E-state index in [-0.39, 0.29) is 11.7 Å². The van der Waals surface area contributed by atoms with Gasteiger partial charge < -0.3 is 0 Å². The fourth-order valence-corrected chi connectivity index (χ4v) is 2.66. The zero-order valence-corrected chi connectivity index (χ0v) is 10.7. The summed E-state index contributed by atoms with van der Waals surface area (Å²) in [7, 11) is 0. The van der Waals surface area contributed by atoms with Crippen molar-refractivity contribution >= 4 is 5.78 Å². The Labute approximate surface area is 110 Å². The molecule has 1 nitrogen and oxygen atoms in total. The molecule has 0 N–H and O–H groups in total. The Balaban J connectivity index is 2.08. The van der Waals surface area contributed by atoms with Crippen LogP contribution in [0.3, 0.4) is 0 Å². The van der Waals surface area contributed by atoms with Crippen molar-refractivity contribution in [3.63, 3.8) is 0 Å². The molecule has 0 saturated heterocycles. The SMILES string of the molecule is O=C1CCCCC(Cc2cccc(C(F)(F)F)c2)C1. The molecule has 0 aromatic heterocycles. The highest BCUT2D eigenvalue weighted by molar-refractivity contribution is 5.78. The summed E-state index contributed by atoms with van der Waals surface area (Å²) in [5.41, 5.74) is 0.0690. The monoisotopic (exact) mass is 270 g/mol. The summed E-state index contributed by atoms with van der Waals surface area (Å²) < 4.78 is 37.9. The molecule has 2 rings (SSSR count). The molecule has 1 atom stereocenters. The second-order valence-corrected chi connectivity index (χ2v) is 5.26. The molecule has 4 heteroatoms. The van der Waals surface area contributed by atoms with Gasteiger partial charge in [-0.2, -0.15) is 13.2 Å². The first-order valence-corrected chi connectivity index (χ1v) is 6.63. The van der Waals surface area contributed by atoms with Crippen molar-refractivity contribution in [1.29, 1.82) is 0 Å². The van der Waals surface area contributed by atoms with Crippen LogP contribution in [0.2, 0.25) is 0 Å². The highest BCUT2D eigenvalue weighted by Gasteiger charge is 2.30. The lowest BCUT2D eigenvalue weighted by molar-refractivity contribution is -0.137. The second-order valence-electron chi connectivity index (χ2n) is 5.26. The molecule has 0 amide bonds. The van der Waals surface area contributed by atoms with E-state index in [0.29, 0.717) is 24.8 Å². The number of carbonyl (C=O) groups is 1. The summed E-state index contributed by atoms with van der Waals surface area (Å²) in [6, 6.07) is 5.44. The lowest BCUT2D eigenvalue weighted by atomic mass is 9.91.